The van der Waals surface area contributed by atoms with E-state index in [0.29, 0.717) is 31.2 Å². The van der Waals surface area contributed by atoms with Gasteiger partial charge in [-0.1, -0.05) is 18.5 Å². The number of rotatable bonds is 4. The van der Waals surface area contributed by atoms with Crippen LogP contribution in [0, 0.1) is 0 Å². The van der Waals surface area contributed by atoms with Crippen LogP contribution in [0.5, 0.6) is 0 Å². The molecule has 138 valence electrons. The molecule has 2 heterocycles. The van der Waals surface area contributed by atoms with Crippen molar-refractivity contribution in [3.8, 4) is 0 Å². The Hall–Kier alpha value is -1.15. The maximum absolute atomic E-state index is 12.8. The number of hydrogen-bond acceptors (Lipinski definition) is 4. The second kappa shape index (κ2) is 7.61. The SMILES string of the molecule is CCN1CCN(C(=O)c2cc(S(=O)(=O)N3CCCC3)ccc2Cl)CC1. The van der Waals surface area contributed by atoms with Crippen LogP contribution < -0.4 is 0 Å². The Balaban J connectivity index is 1.83. The van der Waals surface area contributed by atoms with Gasteiger partial charge in [-0.3, -0.25) is 4.79 Å². The standard InChI is InChI=1S/C17H24ClN3O3S/c1-2-19-9-11-20(12-10-19)17(22)15-13-14(5-6-16(15)18)25(23,24)21-7-3-4-8-21/h5-6,13H,2-4,7-12H2,1H3. The fourth-order valence-electron chi connectivity index (χ4n) is 3.34. The van der Waals surface area contributed by atoms with Crippen LogP contribution in [0.1, 0.15) is 30.1 Å². The maximum Gasteiger partial charge on any atom is 0.255 e. The number of amides is 1. The monoisotopic (exact) mass is 385 g/mol. The molecule has 0 aromatic heterocycles. The first kappa shape index (κ1) is 18.6. The summed E-state index contributed by atoms with van der Waals surface area (Å²) in [5, 5.41) is 0.295. The molecule has 6 nitrogen and oxygen atoms in total. The average Bonchev–Trinajstić information content (AvgIpc) is 3.17. The maximum atomic E-state index is 12.8. The first-order valence-corrected chi connectivity index (χ1v) is 10.6. The molecule has 0 atom stereocenters. The lowest BCUT2D eigenvalue weighted by molar-refractivity contribution is 0.0643. The van der Waals surface area contributed by atoms with Crippen molar-refractivity contribution in [3.05, 3.63) is 28.8 Å². The molecule has 2 aliphatic heterocycles. The van der Waals surface area contributed by atoms with E-state index in [1.165, 1.54) is 22.5 Å². The minimum atomic E-state index is -3.56. The highest BCUT2D eigenvalue weighted by Gasteiger charge is 2.29. The topological polar surface area (TPSA) is 60.9 Å². The Morgan fingerprint density at radius 3 is 2.32 bits per heavy atom. The van der Waals surface area contributed by atoms with Gasteiger partial charge in [-0.25, -0.2) is 8.42 Å². The molecule has 0 radical (unpaired) electrons. The summed E-state index contributed by atoms with van der Waals surface area (Å²) in [5.41, 5.74) is 0.270. The van der Waals surface area contributed by atoms with Gasteiger partial charge >= 0.3 is 0 Å². The molecule has 1 aromatic carbocycles. The molecule has 0 bridgehead atoms. The van der Waals surface area contributed by atoms with Gasteiger partial charge in [0, 0.05) is 39.3 Å². The molecule has 2 fully saturated rings. The Labute approximate surface area is 154 Å². The van der Waals surface area contributed by atoms with Gasteiger partial charge in [0.1, 0.15) is 0 Å². The zero-order valence-corrected chi connectivity index (χ0v) is 16.0. The Morgan fingerprint density at radius 2 is 1.72 bits per heavy atom. The second-order valence-electron chi connectivity index (χ2n) is 6.48. The molecule has 25 heavy (non-hydrogen) atoms. The van der Waals surface area contributed by atoms with E-state index in [9.17, 15) is 13.2 Å². The van der Waals surface area contributed by atoms with Gasteiger partial charge < -0.3 is 9.80 Å². The van der Waals surface area contributed by atoms with E-state index < -0.39 is 10.0 Å². The molecule has 8 heteroatoms. The Bertz CT molecular complexity index is 740. The molecule has 0 spiro atoms. The highest BCUT2D eigenvalue weighted by molar-refractivity contribution is 7.89. The van der Waals surface area contributed by atoms with Gasteiger partial charge in [0.2, 0.25) is 10.0 Å². The molecule has 0 N–H and O–H groups in total. The number of benzene rings is 1. The number of sulfonamides is 1. The minimum absolute atomic E-state index is 0.148. The zero-order chi connectivity index (χ0) is 18.0. The van der Waals surface area contributed by atoms with Crippen molar-refractivity contribution >= 4 is 27.5 Å². The summed E-state index contributed by atoms with van der Waals surface area (Å²) in [6, 6.07) is 4.44. The number of halogens is 1. The van der Waals surface area contributed by atoms with Gasteiger partial charge in [0.05, 0.1) is 15.5 Å². The summed E-state index contributed by atoms with van der Waals surface area (Å²) >= 11 is 6.21. The van der Waals surface area contributed by atoms with Crippen molar-refractivity contribution in [2.75, 3.05) is 45.8 Å². The zero-order valence-electron chi connectivity index (χ0n) is 14.4. The minimum Gasteiger partial charge on any atom is -0.336 e. The van der Waals surface area contributed by atoms with Gasteiger partial charge in [0.15, 0.2) is 0 Å². The highest BCUT2D eigenvalue weighted by Crippen LogP contribution is 2.26. The normalized spacial score (nSPS) is 20.2. The van der Waals surface area contributed by atoms with E-state index in [4.69, 9.17) is 11.6 Å². The quantitative estimate of drug-likeness (QED) is 0.794. The van der Waals surface area contributed by atoms with E-state index in [1.54, 1.807) is 4.90 Å². The predicted octanol–water partition coefficient (Wildman–Crippen LogP) is 1.90. The van der Waals surface area contributed by atoms with Crippen LogP contribution in [0.25, 0.3) is 0 Å². The van der Waals surface area contributed by atoms with Crippen LogP contribution in [0.2, 0.25) is 5.02 Å². The van der Waals surface area contributed by atoms with Gasteiger partial charge in [0.25, 0.3) is 5.91 Å². The van der Waals surface area contributed by atoms with Crippen LogP contribution >= 0.6 is 11.6 Å². The summed E-state index contributed by atoms with van der Waals surface area (Å²) in [6.07, 6.45) is 1.75. The van der Waals surface area contributed by atoms with Gasteiger partial charge in [-0.05, 0) is 37.6 Å². The molecule has 2 saturated heterocycles. The van der Waals surface area contributed by atoms with Crippen LogP contribution in [0.15, 0.2) is 23.1 Å². The lowest BCUT2D eigenvalue weighted by Gasteiger charge is -2.34. The lowest BCUT2D eigenvalue weighted by atomic mass is 10.2. The molecule has 0 aliphatic carbocycles. The summed E-state index contributed by atoms with van der Waals surface area (Å²) in [5.74, 6) is -0.195. The number of hydrogen-bond donors (Lipinski definition) is 0. The molecule has 2 aliphatic rings. The third-order valence-electron chi connectivity index (χ3n) is 4.98. The van der Waals surface area contributed by atoms with Gasteiger partial charge in [-0.2, -0.15) is 4.31 Å². The summed E-state index contributed by atoms with van der Waals surface area (Å²) in [4.78, 5) is 17.0. The second-order valence-corrected chi connectivity index (χ2v) is 8.82. The molecule has 0 unspecified atom stereocenters. The van der Waals surface area contributed by atoms with Crippen molar-refractivity contribution in [1.29, 1.82) is 0 Å². The molecular weight excluding hydrogens is 362 g/mol. The Morgan fingerprint density at radius 1 is 1.08 bits per heavy atom. The predicted molar refractivity (Wildman–Crippen MR) is 97.5 cm³/mol. The van der Waals surface area contributed by atoms with Crippen molar-refractivity contribution in [1.82, 2.24) is 14.1 Å². The van der Waals surface area contributed by atoms with Crippen molar-refractivity contribution in [3.63, 3.8) is 0 Å². The Kier molecular flexibility index (Phi) is 5.68. The van der Waals surface area contributed by atoms with E-state index in [2.05, 4.69) is 11.8 Å². The van der Waals surface area contributed by atoms with Crippen LogP contribution in [-0.2, 0) is 10.0 Å². The smallest absolute Gasteiger partial charge is 0.255 e. The van der Waals surface area contributed by atoms with E-state index in [1.807, 2.05) is 0 Å². The number of carbonyl (C=O) groups is 1. The first-order chi connectivity index (χ1) is 11.9. The first-order valence-electron chi connectivity index (χ1n) is 8.75. The number of likely N-dealkylation sites (N-methyl/N-ethyl adjacent to an activating group) is 1. The lowest BCUT2D eigenvalue weighted by Crippen LogP contribution is -2.48. The fraction of sp³-hybridized carbons (Fsp3) is 0.588. The molecule has 0 saturated carbocycles. The molecule has 3 rings (SSSR count). The summed E-state index contributed by atoms with van der Waals surface area (Å²) < 4.78 is 26.9. The van der Waals surface area contributed by atoms with E-state index in [0.717, 1.165) is 32.5 Å². The largest absolute Gasteiger partial charge is 0.336 e. The third-order valence-corrected chi connectivity index (χ3v) is 7.20. The third kappa shape index (κ3) is 3.84. The van der Waals surface area contributed by atoms with Crippen LogP contribution in [0.3, 0.4) is 0 Å². The summed E-state index contributed by atoms with van der Waals surface area (Å²) in [7, 11) is -3.56. The van der Waals surface area contributed by atoms with Crippen molar-refractivity contribution in [2.45, 2.75) is 24.7 Å². The van der Waals surface area contributed by atoms with Gasteiger partial charge in [-0.15, -0.1) is 0 Å². The number of piperazine rings is 1. The van der Waals surface area contributed by atoms with E-state index in [-0.39, 0.29) is 16.4 Å². The number of nitrogens with zero attached hydrogens (tertiary/aromatic N) is 3. The van der Waals surface area contributed by atoms with Crippen LogP contribution in [-0.4, -0.2) is 74.2 Å². The average molecular weight is 386 g/mol. The molecule has 1 amide bonds. The summed E-state index contributed by atoms with van der Waals surface area (Å²) in [6.45, 7) is 7.04. The fourth-order valence-corrected chi connectivity index (χ4v) is 5.09. The molecular formula is C17H24ClN3O3S. The van der Waals surface area contributed by atoms with Crippen LogP contribution in [0.4, 0.5) is 0 Å². The number of carbonyl (C=O) groups excluding carboxylic acids is 1. The van der Waals surface area contributed by atoms with E-state index >= 15 is 0 Å². The van der Waals surface area contributed by atoms with Crippen molar-refractivity contribution in [2.24, 2.45) is 0 Å². The molecule has 1 aromatic rings. The van der Waals surface area contributed by atoms with Crippen molar-refractivity contribution < 1.29 is 13.2 Å². The highest BCUT2D eigenvalue weighted by atomic mass is 35.5.